The number of carbonyl (C=O) groups excluding carboxylic acids is 2. The maximum atomic E-state index is 15.2. The molecule has 0 saturated heterocycles. The minimum atomic E-state index is -4.91. The van der Waals surface area contributed by atoms with E-state index < -0.39 is 100 Å². The van der Waals surface area contributed by atoms with Crippen LogP contribution in [0.1, 0.15) is 63.2 Å². The van der Waals surface area contributed by atoms with Crippen LogP contribution in [0.3, 0.4) is 0 Å². The molecule has 0 spiro atoms. The van der Waals surface area contributed by atoms with Gasteiger partial charge in [0.1, 0.15) is 18.8 Å². The van der Waals surface area contributed by atoms with Crippen molar-refractivity contribution in [3.63, 3.8) is 0 Å². The molecule has 1 aliphatic carbocycles. The van der Waals surface area contributed by atoms with Gasteiger partial charge in [0.2, 0.25) is 6.43 Å². The normalized spacial score (nSPS) is 18.7. The first kappa shape index (κ1) is 43.5. The summed E-state index contributed by atoms with van der Waals surface area (Å²) in [6.45, 7) is -2.32. The van der Waals surface area contributed by atoms with Crippen LogP contribution in [0.25, 0.3) is 22.5 Å². The summed E-state index contributed by atoms with van der Waals surface area (Å²) in [6, 6.07) is 10.4. The smallest absolute Gasteiger partial charge is 0.394 e. The molecule has 6 rings (SSSR count). The summed E-state index contributed by atoms with van der Waals surface area (Å²) in [5.74, 6) is -4.24. The molecular weight excluding hydrogens is 840 g/mol. The van der Waals surface area contributed by atoms with Gasteiger partial charge >= 0.3 is 18.7 Å². The minimum Gasteiger partial charge on any atom is -0.463 e. The topological polar surface area (TPSA) is 150 Å². The van der Waals surface area contributed by atoms with Crippen molar-refractivity contribution < 1.29 is 57.9 Å². The van der Waals surface area contributed by atoms with Crippen molar-refractivity contribution in [1.82, 2.24) is 19.7 Å². The molecule has 21 heteroatoms. The number of alkyl halides is 7. The zero-order chi connectivity index (χ0) is 43.5. The lowest BCUT2D eigenvalue weighted by atomic mass is 9.74. The number of aliphatic imine (C=N–C) groups is 1. The third-order valence-electron chi connectivity index (χ3n) is 10.6. The molecule has 2 aliphatic rings. The predicted octanol–water partition coefficient (Wildman–Crippen LogP) is 8.25. The maximum absolute atomic E-state index is 15.2. The summed E-state index contributed by atoms with van der Waals surface area (Å²) in [5.41, 5.74) is -0.479. The van der Waals surface area contributed by atoms with E-state index in [0.717, 1.165) is 37.4 Å². The Balaban J connectivity index is 1.45. The predicted molar refractivity (Wildman–Crippen MR) is 197 cm³/mol. The van der Waals surface area contributed by atoms with E-state index in [1.165, 1.54) is 54.6 Å². The SMILES string of the molecule is CC(C)(C[C@]1(c2ccc(-c3ccc(S(C)(=O)=O)cc3F)cc2)N=C(N)N([C@H](COC(=O)CC2(C(F)F)CC2)c2ccc(Cl)c(-c3ncnn3C(F)F)c2)C1=O)C(F)(F)F. The van der Waals surface area contributed by atoms with E-state index in [1.54, 1.807) is 0 Å². The summed E-state index contributed by atoms with van der Waals surface area (Å²) in [5, 5.41) is 3.38. The highest BCUT2D eigenvalue weighted by Crippen LogP contribution is 2.54. The average Bonchev–Trinajstić information content (AvgIpc) is 3.68. The molecule has 1 saturated carbocycles. The maximum Gasteiger partial charge on any atom is 0.394 e. The van der Waals surface area contributed by atoms with Gasteiger partial charge in [0.25, 0.3) is 5.91 Å². The molecular formula is C38H35ClF8N6O5S. The molecule has 0 unspecified atom stereocenters. The summed E-state index contributed by atoms with van der Waals surface area (Å²) in [7, 11) is -3.77. The van der Waals surface area contributed by atoms with Crippen LogP contribution in [-0.2, 0) is 29.7 Å². The molecule has 4 aromatic rings. The zero-order valence-electron chi connectivity index (χ0n) is 31.3. The van der Waals surface area contributed by atoms with E-state index in [0.29, 0.717) is 0 Å². The first-order chi connectivity index (χ1) is 27.4. The molecule has 1 aromatic heterocycles. The summed E-state index contributed by atoms with van der Waals surface area (Å²) in [6.07, 6.45) is -7.66. The zero-order valence-corrected chi connectivity index (χ0v) is 32.9. The summed E-state index contributed by atoms with van der Waals surface area (Å²) >= 11 is 6.39. The molecule has 316 valence electrons. The van der Waals surface area contributed by atoms with Gasteiger partial charge in [-0.1, -0.05) is 61.8 Å². The number of amides is 1. The largest absolute Gasteiger partial charge is 0.463 e. The number of sulfone groups is 1. The first-order valence-corrected chi connectivity index (χ1v) is 20.0. The number of nitrogens with zero attached hydrogens (tertiary/aromatic N) is 5. The Morgan fingerprint density at radius 1 is 1.00 bits per heavy atom. The number of hydrogen-bond acceptors (Lipinski definition) is 9. The molecule has 59 heavy (non-hydrogen) atoms. The standard InChI is InChI=1S/C38H35ClF8N6O5S/c1-35(2,38(45,46)47)18-37(22-7-4-20(5-8-22)24-10-9-23(15-27(24)40)59(3,56)57)32(55)52(34(48)51-37)28(17-58-29(54)16-36(12-13-36)31(41)42)21-6-11-26(39)25(14-21)30-49-19-50-53(30)33(43)44/h4-11,14-15,19,28,31,33H,12-13,16-18H2,1-3H3,(H2,48,51)/t28-,37-/m1/s1. The number of hydrogen-bond donors (Lipinski definition) is 1. The van der Waals surface area contributed by atoms with Crippen molar-refractivity contribution in [2.24, 2.45) is 21.6 Å². The second kappa shape index (κ2) is 15.5. The van der Waals surface area contributed by atoms with Crippen LogP contribution in [0.5, 0.6) is 0 Å². The number of carbonyl (C=O) groups is 2. The fraction of sp³-hybridized carbons (Fsp3) is 0.395. The third kappa shape index (κ3) is 8.37. The van der Waals surface area contributed by atoms with Crippen molar-refractivity contribution in [1.29, 1.82) is 0 Å². The Morgan fingerprint density at radius 3 is 2.22 bits per heavy atom. The Bertz CT molecular complexity index is 2420. The first-order valence-electron chi connectivity index (χ1n) is 17.7. The van der Waals surface area contributed by atoms with E-state index in [9.17, 15) is 48.7 Å². The van der Waals surface area contributed by atoms with E-state index in [-0.39, 0.29) is 55.3 Å². The van der Waals surface area contributed by atoms with Crippen LogP contribution in [0.15, 0.2) is 76.9 Å². The van der Waals surface area contributed by atoms with Gasteiger partial charge in [0.15, 0.2) is 27.2 Å². The van der Waals surface area contributed by atoms with Gasteiger partial charge in [-0.25, -0.2) is 31.6 Å². The molecule has 2 atom stereocenters. The fourth-order valence-corrected chi connectivity index (χ4v) is 7.74. The lowest BCUT2D eigenvalue weighted by Crippen LogP contribution is -2.49. The Labute approximate surface area is 337 Å². The lowest BCUT2D eigenvalue weighted by molar-refractivity contribution is -0.218. The molecule has 3 aromatic carbocycles. The van der Waals surface area contributed by atoms with Crippen LogP contribution in [-0.4, -0.2) is 71.4 Å². The highest BCUT2D eigenvalue weighted by Gasteiger charge is 2.59. The monoisotopic (exact) mass is 874 g/mol. The number of esters is 1. The molecule has 0 radical (unpaired) electrons. The number of guanidine groups is 1. The number of benzene rings is 3. The average molecular weight is 875 g/mol. The van der Waals surface area contributed by atoms with Gasteiger partial charge in [0, 0.05) is 22.8 Å². The van der Waals surface area contributed by atoms with Crippen molar-refractivity contribution in [3.05, 3.63) is 89.0 Å². The molecule has 1 fully saturated rings. The third-order valence-corrected chi connectivity index (χ3v) is 12.0. The van der Waals surface area contributed by atoms with Crippen LogP contribution < -0.4 is 5.73 Å². The number of rotatable bonds is 14. The van der Waals surface area contributed by atoms with Crippen molar-refractivity contribution in [2.45, 2.75) is 75.2 Å². The van der Waals surface area contributed by atoms with Crippen molar-refractivity contribution in [3.8, 4) is 22.5 Å². The highest BCUT2D eigenvalue weighted by atomic mass is 35.5. The Hall–Kier alpha value is -5.11. The van der Waals surface area contributed by atoms with Crippen LogP contribution in [0.4, 0.5) is 35.1 Å². The highest BCUT2D eigenvalue weighted by molar-refractivity contribution is 7.90. The quantitative estimate of drug-likeness (QED) is 0.0984. The summed E-state index contributed by atoms with van der Waals surface area (Å²) < 4.78 is 144. The molecule has 2 N–H and O–H groups in total. The van der Waals surface area contributed by atoms with Gasteiger partial charge in [-0.2, -0.15) is 31.7 Å². The molecule has 11 nitrogen and oxygen atoms in total. The van der Waals surface area contributed by atoms with Crippen LogP contribution in [0.2, 0.25) is 5.02 Å². The van der Waals surface area contributed by atoms with E-state index in [1.807, 2.05) is 0 Å². The molecule has 1 amide bonds. The lowest BCUT2D eigenvalue weighted by Gasteiger charge is -2.37. The van der Waals surface area contributed by atoms with Crippen molar-refractivity contribution >= 4 is 39.3 Å². The molecule has 2 heterocycles. The fourth-order valence-electron chi connectivity index (χ4n) is 6.90. The van der Waals surface area contributed by atoms with Crippen LogP contribution in [0, 0.1) is 16.6 Å². The van der Waals surface area contributed by atoms with E-state index in [2.05, 4.69) is 15.1 Å². The summed E-state index contributed by atoms with van der Waals surface area (Å²) in [4.78, 5) is 36.6. The van der Waals surface area contributed by atoms with Gasteiger partial charge in [-0.15, -0.1) is 0 Å². The van der Waals surface area contributed by atoms with Gasteiger partial charge in [0.05, 0.1) is 27.8 Å². The number of nitrogens with two attached hydrogens (primary N) is 1. The second-order valence-corrected chi connectivity index (χ2v) is 17.6. The number of aromatic nitrogens is 3. The van der Waals surface area contributed by atoms with E-state index in [4.69, 9.17) is 22.1 Å². The number of ether oxygens (including phenoxy) is 1. The Morgan fingerprint density at radius 2 is 1.66 bits per heavy atom. The van der Waals surface area contributed by atoms with Crippen molar-refractivity contribution in [2.75, 3.05) is 12.9 Å². The van der Waals surface area contributed by atoms with Crippen LogP contribution >= 0.6 is 11.6 Å². The minimum absolute atomic E-state index is 0.0169. The molecule has 0 bridgehead atoms. The Kier molecular flexibility index (Phi) is 11.4. The van der Waals surface area contributed by atoms with Gasteiger partial charge < -0.3 is 10.5 Å². The number of halogens is 9. The van der Waals surface area contributed by atoms with E-state index >= 15 is 4.39 Å². The molecule has 1 aliphatic heterocycles. The second-order valence-electron chi connectivity index (χ2n) is 15.1. The van der Waals surface area contributed by atoms with Gasteiger partial charge in [-0.05, 0) is 60.2 Å². The van der Waals surface area contributed by atoms with Gasteiger partial charge in [-0.3, -0.25) is 14.5 Å².